The van der Waals surface area contributed by atoms with E-state index in [9.17, 15) is 13.2 Å². The monoisotopic (exact) mass is 309 g/mol. The van der Waals surface area contributed by atoms with Crippen LogP contribution >= 0.6 is 0 Å². The number of amides is 1. The van der Waals surface area contributed by atoms with Crippen LogP contribution in [0, 0.1) is 0 Å². The van der Waals surface area contributed by atoms with Crippen molar-refractivity contribution in [2.75, 3.05) is 6.26 Å². The van der Waals surface area contributed by atoms with Crippen molar-refractivity contribution in [2.45, 2.75) is 55.9 Å². The van der Waals surface area contributed by atoms with Gasteiger partial charge in [0.25, 0.3) is 5.91 Å². The molecule has 0 spiro atoms. The van der Waals surface area contributed by atoms with Crippen LogP contribution in [0.15, 0.2) is 29.2 Å². The molecule has 4 nitrogen and oxygen atoms in total. The van der Waals surface area contributed by atoms with Crippen molar-refractivity contribution < 1.29 is 13.2 Å². The summed E-state index contributed by atoms with van der Waals surface area (Å²) in [5, 5.41) is 3.05. The van der Waals surface area contributed by atoms with Crippen molar-refractivity contribution in [1.82, 2.24) is 5.32 Å². The second-order valence-electron chi connectivity index (χ2n) is 5.82. The maximum absolute atomic E-state index is 12.3. The van der Waals surface area contributed by atoms with Crippen molar-refractivity contribution in [3.05, 3.63) is 29.8 Å². The van der Waals surface area contributed by atoms with Crippen molar-refractivity contribution in [3.63, 3.8) is 0 Å². The van der Waals surface area contributed by atoms with Gasteiger partial charge in [-0.1, -0.05) is 38.2 Å². The number of hydrogen-bond donors (Lipinski definition) is 1. The normalized spacial score (nSPS) is 17.8. The minimum atomic E-state index is -3.28. The molecule has 1 fully saturated rings. The van der Waals surface area contributed by atoms with Gasteiger partial charge in [-0.3, -0.25) is 4.79 Å². The van der Waals surface area contributed by atoms with E-state index in [1.807, 2.05) is 0 Å². The lowest BCUT2D eigenvalue weighted by Crippen LogP contribution is -2.35. The van der Waals surface area contributed by atoms with E-state index < -0.39 is 9.84 Å². The highest BCUT2D eigenvalue weighted by atomic mass is 32.2. The van der Waals surface area contributed by atoms with Crippen LogP contribution in [-0.4, -0.2) is 26.6 Å². The zero-order chi connectivity index (χ0) is 15.3. The van der Waals surface area contributed by atoms with Gasteiger partial charge in [0.2, 0.25) is 0 Å². The van der Waals surface area contributed by atoms with Crippen LogP contribution in [0.2, 0.25) is 0 Å². The third kappa shape index (κ3) is 4.84. The van der Waals surface area contributed by atoms with E-state index in [-0.39, 0.29) is 16.8 Å². The Morgan fingerprint density at radius 1 is 1.10 bits per heavy atom. The average molecular weight is 309 g/mol. The van der Waals surface area contributed by atoms with Gasteiger partial charge in [-0.15, -0.1) is 0 Å². The summed E-state index contributed by atoms with van der Waals surface area (Å²) < 4.78 is 23.1. The van der Waals surface area contributed by atoms with Gasteiger partial charge >= 0.3 is 0 Å². The Morgan fingerprint density at radius 2 is 1.71 bits per heavy atom. The molecule has 0 heterocycles. The molecule has 1 saturated carbocycles. The van der Waals surface area contributed by atoms with E-state index in [1.54, 1.807) is 12.1 Å². The highest BCUT2D eigenvalue weighted by Crippen LogP contribution is 2.18. The first-order chi connectivity index (χ1) is 9.97. The van der Waals surface area contributed by atoms with E-state index in [2.05, 4.69) is 5.32 Å². The molecule has 1 aliphatic carbocycles. The minimum Gasteiger partial charge on any atom is -0.349 e. The first kappa shape index (κ1) is 16.0. The molecule has 1 aromatic rings. The van der Waals surface area contributed by atoms with Gasteiger partial charge in [0.05, 0.1) is 4.90 Å². The molecule has 2 rings (SSSR count). The first-order valence-corrected chi connectivity index (χ1v) is 9.47. The van der Waals surface area contributed by atoms with E-state index in [0.717, 1.165) is 31.9 Å². The zero-order valence-electron chi connectivity index (χ0n) is 12.5. The van der Waals surface area contributed by atoms with Crippen molar-refractivity contribution in [3.8, 4) is 0 Å². The third-order valence-corrected chi connectivity index (χ3v) is 5.08. The average Bonchev–Trinajstić information content (AvgIpc) is 2.41. The standard InChI is InChI=1S/C16H23NO3S/c1-21(19,20)15-11-7-8-13(12-15)16(18)17-14-9-5-3-2-4-6-10-14/h7-8,11-12,14H,2-6,9-10H2,1H3,(H,17,18). The molecular formula is C16H23NO3S. The predicted molar refractivity (Wildman–Crippen MR) is 83.1 cm³/mol. The Morgan fingerprint density at radius 3 is 2.33 bits per heavy atom. The van der Waals surface area contributed by atoms with Gasteiger partial charge in [-0.05, 0) is 31.0 Å². The van der Waals surface area contributed by atoms with Crippen molar-refractivity contribution in [1.29, 1.82) is 0 Å². The fourth-order valence-corrected chi connectivity index (χ4v) is 3.40. The molecule has 21 heavy (non-hydrogen) atoms. The summed E-state index contributed by atoms with van der Waals surface area (Å²) in [5.74, 6) is -0.175. The molecule has 1 N–H and O–H groups in total. The van der Waals surface area contributed by atoms with Gasteiger partial charge in [0.15, 0.2) is 9.84 Å². The molecular weight excluding hydrogens is 286 g/mol. The van der Waals surface area contributed by atoms with Crippen LogP contribution in [-0.2, 0) is 9.84 Å². The fraction of sp³-hybridized carbons (Fsp3) is 0.562. The Kier molecular flexibility index (Phi) is 5.39. The summed E-state index contributed by atoms with van der Waals surface area (Å²) in [4.78, 5) is 12.5. The van der Waals surface area contributed by atoms with Crippen molar-refractivity contribution >= 4 is 15.7 Å². The first-order valence-electron chi connectivity index (χ1n) is 7.58. The number of rotatable bonds is 3. The van der Waals surface area contributed by atoms with Gasteiger partial charge in [-0.25, -0.2) is 8.42 Å². The van der Waals surface area contributed by atoms with Crippen LogP contribution in [0.25, 0.3) is 0 Å². The van der Waals surface area contributed by atoms with E-state index in [4.69, 9.17) is 0 Å². The fourth-order valence-electron chi connectivity index (χ4n) is 2.74. The Hall–Kier alpha value is -1.36. The quantitative estimate of drug-likeness (QED) is 0.933. The second kappa shape index (κ2) is 7.07. The molecule has 5 heteroatoms. The van der Waals surface area contributed by atoms with Gasteiger partial charge in [0.1, 0.15) is 0 Å². The van der Waals surface area contributed by atoms with Crippen LogP contribution in [0.1, 0.15) is 55.3 Å². The van der Waals surface area contributed by atoms with Gasteiger partial charge < -0.3 is 5.32 Å². The number of sulfone groups is 1. The summed E-state index contributed by atoms with van der Waals surface area (Å²) in [6.07, 6.45) is 9.22. The highest BCUT2D eigenvalue weighted by Gasteiger charge is 2.16. The number of carbonyl (C=O) groups excluding carboxylic acids is 1. The number of benzene rings is 1. The van der Waals surface area contributed by atoms with Crippen molar-refractivity contribution in [2.24, 2.45) is 0 Å². The topological polar surface area (TPSA) is 63.2 Å². The van der Waals surface area contributed by atoms with Crippen LogP contribution < -0.4 is 5.32 Å². The maximum Gasteiger partial charge on any atom is 0.251 e. The molecule has 1 amide bonds. The second-order valence-corrected chi connectivity index (χ2v) is 7.83. The lowest BCUT2D eigenvalue weighted by Gasteiger charge is -2.21. The van der Waals surface area contributed by atoms with Crippen LogP contribution in [0.4, 0.5) is 0 Å². The Balaban J connectivity index is 2.05. The summed E-state index contributed by atoms with van der Waals surface area (Å²) in [6, 6.07) is 6.45. The SMILES string of the molecule is CS(=O)(=O)c1cccc(C(=O)NC2CCCCCCC2)c1. The van der Waals surface area contributed by atoms with E-state index >= 15 is 0 Å². The highest BCUT2D eigenvalue weighted by molar-refractivity contribution is 7.90. The zero-order valence-corrected chi connectivity index (χ0v) is 13.3. The summed E-state index contributed by atoms with van der Waals surface area (Å²) in [7, 11) is -3.28. The minimum absolute atomic E-state index is 0.175. The third-order valence-electron chi connectivity index (χ3n) is 3.96. The van der Waals surface area contributed by atoms with Crippen LogP contribution in [0.3, 0.4) is 0 Å². The largest absolute Gasteiger partial charge is 0.349 e. The molecule has 0 aromatic heterocycles. The lowest BCUT2D eigenvalue weighted by atomic mass is 9.96. The molecule has 0 bridgehead atoms. The number of carbonyl (C=O) groups is 1. The number of hydrogen-bond acceptors (Lipinski definition) is 3. The maximum atomic E-state index is 12.3. The molecule has 1 aliphatic rings. The summed E-state index contributed by atoms with van der Waals surface area (Å²) >= 11 is 0. The van der Waals surface area contributed by atoms with E-state index in [0.29, 0.717) is 5.56 Å². The number of nitrogens with one attached hydrogen (secondary N) is 1. The van der Waals surface area contributed by atoms with Gasteiger partial charge in [0, 0.05) is 17.9 Å². The molecule has 0 saturated heterocycles. The summed E-state index contributed by atoms with van der Waals surface area (Å²) in [6.45, 7) is 0. The van der Waals surface area contributed by atoms with Gasteiger partial charge in [-0.2, -0.15) is 0 Å². The molecule has 116 valence electrons. The smallest absolute Gasteiger partial charge is 0.251 e. The van der Waals surface area contributed by atoms with E-state index in [1.165, 1.54) is 31.4 Å². The molecule has 0 atom stereocenters. The molecule has 0 aliphatic heterocycles. The lowest BCUT2D eigenvalue weighted by molar-refractivity contribution is 0.0930. The Bertz CT molecular complexity index is 587. The molecule has 0 radical (unpaired) electrons. The van der Waals surface area contributed by atoms with Crippen LogP contribution in [0.5, 0.6) is 0 Å². The molecule has 1 aromatic carbocycles. The molecule has 0 unspecified atom stereocenters. The predicted octanol–water partition coefficient (Wildman–Crippen LogP) is 2.93. The Labute approximate surface area is 126 Å². The summed E-state index contributed by atoms with van der Waals surface area (Å²) in [5.41, 5.74) is 0.417.